The number of methoxy groups -OCH3 is 2. The first-order valence-electron chi connectivity index (χ1n) is 10.2. The fraction of sp³-hybridized carbons (Fsp3) is 0.261. The number of allylic oxidation sites excluding steroid dienone is 1. The number of nitrogens with one attached hydrogen (secondary N) is 2. The molecule has 0 saturated carbocycles. The molecule has 5 rings (SSSR count). The largest absolute Gasteiger partial charge is 0.493 e. The average Bonchev–Trinajstić information content (AvgIpc) is 3.17. The van der Waals surface area contributed by atoms with Crippen molar-refractivity contribution in [3.8, 4) is 11.5 Å². The number of aromatic nitrogens is 2. The highest BCUT2D eigenvalue weighted by molar-refractivity contribution is 6.01. The minimum Gasteiger partial charge on any atom is -0.493 e. The Labute approximate surface area is 183 Å². The second kappa shape index (κ2) is 7.99. The predicted molar refractivity (Wildman–Crippen MR) is 114 cm³/mol. The van der Waals surface area contributed by atoms with Crippen LogP contribution in [0.3, 0.4) is 0 Å². The van der Waals surface area contributed by atoms with Crippen molar-refractivity contribution in [2.45, 2.75) is 24.8 Å². The third-order valence-electron chi connectivity index (χ3n) is 5.92. The Balaban J connectivity index is 1.63. The Kier molecular flexibility index (Phi) is 5.01. The van der Waals surface area contributed by atoms with Gasteiger partial charge in [-0.15, -0.1) is 0 Å². The molecular formula is C23H21FN4O4. The van der Waals surface area contributed by atoms with Gasteiger partial charge in [0, 0.05) is 23.3 Å². The van der Waals surface area contributed by atoms with E-state index < -0.39 is 6.04 Å². The van der Waals surface area contributed by atoms with Gasteiger partial charge in [-0.2, -0.15) is 0 Å². The van der Waals surface area contributed by atoms with Crippen molar-refractivity contribution in [2.75, 3.05) is 24.9 Å². The molecule has 1 aromatic heterocycles. The van der Waals surface area contributed by atoms with E-state index in [-0.39, 0.29) is 17.5 Å². The third-order valence-corrected chi connectivity index (χ3v) is 5.92. The van der Waals surface area contributed by atoms with E-state index >= 15 is 0 Å². The second-order valence-electron chi connectivity index (χ2n) is 7.72. The smallest absolute Gasteiger partial charge is 0.219 e. The number of ketones is 1. The van der Waals surface area contributed by atoms with E-state index in [1.165, 1.54) is 12.1 Å². The molecule has 1 aliphatic heterocycles. The number of halogens is 1. The number of fused-ring (bicyclic) bond motifs is 1. The van der Waals surface area contributed by atoms with Gasteiger partial charge >= 0.3 is 0 Å². The van der Waals surface area contributed by atoms with Crippen molar-refractivity contribution in [1.82, 2.24) is 10.3 Å². The number of anilines is 2. The molecule has 0 bridgehead atoms. The summed E-state index contributed by atoms with van der Waals surface area (Å²) in [6, 6.07) is 11.2. The van der Waals surface area contributed by atoms with E-state index in [0.29, 0.717) is 47.2 Å². The molecule has 2 aromatic carbocycles. The van der Waals surface area contributed by atoms with Crippen LogP contribution < -0.4 is 20.1 Å². The Bertz CT molecular complexity index is 1200. The lowest BCUT2D eigenvalue weighted by molar-refractivity contribution is -0.116. The molecule has 0 spiro atoms. The minimum absolute atomic E-state index is 0.0301. The van der Waals surface area contributed by atoms with Crippen LogP contribution in [0.1, 0.15) is 35.9 Å². The van der Waals surface area contributed by atoms with Gasteiger partial charge in [-0.1, -0.05) is 24.3 Å². The lowest BCUT2D eigenvalue weighted by atomic mass is 9.78. The van der Waals surface area contributed by atoms with E-state index in [2.05, 4.69) is 20.9 Å². The molecule has 2 heterocycles. The summed E-state index contributed by atoms with van der Waals surface area (Å²) in [5.41, 5.74) is 2.92. The molecule has 9 heteroatoms. The van der Waals surface area contributed by atoms with Gasteiger partial charge in [0.1, 0.15) is 5.82 Å². The highest BCUT2D eigenvalue weighted by Gasteiger charge is 2.38. The van der Waals surface area contributed by atoms with E-state index in [1.54, 1.807) is 32.4 Å². The maximum absolute atomic E-state index is 13.5. The normalized spacial score (nSPS) is 19.9. The maximum Gasteiger partial charge on any atom is 0.219 e. The van der Waals surface area contributed by atoms with Gasteiger partial charge in [-0.3, -0.25) is 4.79 Å². The van der Waals surface area contributed by atoms with Crippen LogP contribution in [-0.4, -0.2) is 30.3 Å². The van der Waals surface area contributed by atoms with Crippen LogP contribution >= 0.6 is 0 Å². The van der Waals surface area contributed by atoms with Gasteiger partial charge in [0.2, 0.25) is 11.6 Å². The lowest BCUT2D eigenvalue weighted by Gasteiger charge is -2.30. The molecular weight excluding hydrogens is 415 g/mol. The van der Waals surface area contributed by atoms with E-state index in [1.807, 2.05) is 12.1 Å². The SMILES string of the molecule is COc1cccc([C@@H]2Nc3nonc3NC3=C2C(=O)C[C@H](c2ccc(F)cc2)C3)c1OC. The number of carbonyl (C=O) groups excluding carboxylic acids is 1. The van der Waals surface area contributed by atoms with Crippen molar-refractivity contribution in [2.24, 2.45) is 0 Å². The van der Waals surface area contributed by atoms with Crippen molar-refractivity contribution in [3.63, 3.8) is 0 Å². The van der Waals surface area contributed by atoms with Crippen LogP contribution in [0.25, 0.3) is 0 Å². The number of Topliss-reactive ketones (excluding diaryl/α,β-unsaturated/α-hetero) is 1. The number of rotatable bonds is 4. The van der Waals surface area contributed by atoms with E-state index in [0.717, 1.165) is 11.1 Å². The van der Waals surface area contributed by atoms with Crippen molar-refractivity contribution in [3.05, 3.63) is 70.7 Å². The van der Waals surface area contributed by atoms with Crippen molar-refractivity contribution in [1.29, 1.82) is 0 Å². The van der Waals surface area contributed by atoms with Crippen LogP contribution in [0.15, 0.2) is 58.4 Å². The number of nitrogens with zero attached hydrogens (tertiary/aromatic N) is 2. The molecule has 0 amide bonds. The highest BCUT2D eigenvalue weighted by Crippen LogP contribution is 2.46. The van der Waals surface area contributed by atoms with E-state index in [4.69, 9.17) is 14.1 Å². The second-order valence-corrected chi connectivity index (χ2v) is 7.72. The zero-order valence-electron chi connectivity index (χ0n) is 17.5. The topological polar surface area (TPSA) is 98.5 Å². The maximum atomic E-state index is 13.5. The van der Waals surface area contributed by atoms with Gasteiger partial charge < -0.3 is 20.1 Å². The molecule has 32 heavy (non-hydrogen) atoms. The fourth-order valence-corrected chi connectivity index (χ4v) is 4.44. The summed E-state index contributed by atoms with van der Waals surface area (Å²) >= 11 is 0. The van der Waals surface area contributed by atoms with Crippen LogP contribution in [0, 0.1) is 5.82 Å². The van der Waals surface area contributed by atoms with Crippen LogP contribution in [0.4, 0.5) is 16.0 Å². The van der Waals surface area contributed by atoms with Gasteiger partial charge in [-0.05, 0) is 46.4 Å². The molecule has 0 saturated heterocycles. The first-order valence-corrected chi connectivity index (χ1v) is 10.2. The molecule has 2 N–H and O–H groups in total. The number of benzene rings is 2. The Morgan fingerprint density at radius 3 is 2.56 bits per heavy atom. The number of hydrogen-bond acceptors (Lipinski definition) is 8. The first-order chi connectivity index (χ1) is 15.6. The highest BCUT2D eigenvalue weighted by atomic mass is 19.1. The van der Waals surface area contributed by atoms with E-state index in [9.17, 15) is 9.18 Å². The molecule has 3 aromatic rings. The molecule has 2 atom stereocenters. The summed E-state index contributed by atoms with van der Waals surface area (Å²) < 4.78 is 29.4. The average molecular weight is 436 g/mol. The zero-order chi connectivity index (χ0) is 22.2. The summed E-state index contributed by atoms with van der Waals surface area (Å²) in [4.78, 5) is 13.5. The first kappa shape index (κ1) is 20.0. The summed E-state index contributed by atoms with van der Waals surface area (Å²) in [6.45, 7) is 0. The van der Waals surface area contributed by atoms with Crippen molar-refractivity contribution < 1.29 is 23.3 Å². The van der Waals surface area contributed by atoms with Crippen molar-refractivity contribution >= 4 is 17.4 Å². The number of carbonyl (C=O) groups is 1. The lowest BCUT2D eigenvalue weighted by Crippen LogP contribution is -2.27. The van der Waals surface area contributed by atoms with Crippen LogP contribution in [0.2, 0.25) is 0 Å². The molecule has 0 radical (unpaired) electrons. The standard InChI is InChI=1S/C23H21FN4O4/c1-30-18-5-3-4-15(21(18)31-2)20-19-16(25-22-23(26-20)28-32-27-22)10-13(11-17(19)29)12-6-8-14(24)9-7-12/h3-9,13,20H,10-11H2,1-2H3,(H,25,27)(H,26,28)/t13-,20+/m1/s1. The van der Waals surface area contributed by atoms with Gasteiger partial charge in [0.25, 0.3) is 0 Å². The molecule has 164 valence electrons. The van der Waals surface area contributed by atoms with Crippen LogP contribution in [-0.2, 0) is 4.79 Å². The molecule has 8 nitrogen and oxygen atoms in total. The minimum atomic E-state index is -0.558. The molecule has 0 fully saturated rings. The predicted octanol–water partition coefficient (Wildman–Crippen LogP) is 4.21. The molecule has 1 aliphatic carbocycles. The van der Waals surface area contributed by atoms with Gasteiger partial charge in [0.05, 0.1) is 20.3 Å². The fourth-order valence-electron chi connectivity index (χ4n) is 4.44. The summed E-state index contributed by atoms with van der Waals surface area (Å²) in [6.07, 6.45) is 0.843. The van der Waals surface area contributed by atoms with Gasteiger partial charge in [-0.25, -0.2) is 9.02 Å². The molecule has 0 unspecified atom stereocenters. The zero-order valence-corrected chi connectivity index (χ0v) is 17.5. The van der Waals surface area contributed by atoms with Gasteiger partial charge in [0.15, 0.2) is 17.3 Å². The summed E-state index contributed by atoms with van der Waals surface area (Å²) in [5.74, 6) is 1.43. The quantitative estimate of drug-likeness (QED) is 0.628. The Morgan fingerprint density at radius 2 is 1.81 bits per heavy atom. The number of ether oxygens (including phenoxy) is 2. The Morgan fingerprint density at radius 1 is 1.03 bits per heavy atom. The van der Waals surface area contributed by atoms with Crippen LogP contribution in [0.5, 0.6) is 11.5 Å². The third kappa shape index (κ3) is 3.35. The monoisotopic (exact) mass is 436 g/mol. The summed E-state index contributed by atoms with van der Waals surface area (Å²) in [5, 5.41) is 14.4. The Hall–Kier alpha value is -3.88. The number of para-hydroxylation sites is 1. The number of hydrogen-bond donors (Lipinski definition) is 2. The summed E-state index contributed by atoms with van der Waals surface area (Å²) in [7, 11) is 3.12. The molecule has 2 aliphatic rings.